The molecule has 3 aliphatic rings. The average Bonchev–Trinajstić information content (AvgIpc) is 3.41. The minimum Gasteiger partial charge on any atom is -0.396 e. The van der Waals surface area contributed by atoms with E-state index in [4.69, 9.17) is 0 Å². The van der Waals surface area contributed by atoms with Gasteiger partial charge in [-0.2, -0.15) is 0 Å². The van der Waals surface area contributed by atoms with E-state index in [0.717, 1.165) is 12.1 Å². The largest absolute Gasteiger partial charge is 0.396 e. The molecule has 34 heavy (non-hydrogen) atoms. The highest BCUT2D eigenvalue weighted by Crippen LogP contribution is 2.43. The first-order valence-corrected chi connectivity index (χ1v) is 11.8. The first-order chi connectivity index (χ1) is 16.5. The Bertz CT molecular complexity index is 1320. The van der Waals surface area contributed by atoms with Gasteiger partial charge >= 0.3 is 0 Å². The van der Waals surface area contributed by atoms with Crippen molar-refractivity contribution in [2.24, 2.45) is 11.8 Å². The Kier molecular flexibility index (Phi) is 5.12. The second-order valence-corrected chi connectivity index (χ2v) is 9.51. The van der Waals surface area contributed by atoms with Gasteiger partial charge in [-0.15, -0.1) is 0 Å². The minimum atomic E-state index is -0.481. The van der Waals surface area contributed by atoms with Gasteiger partial charge in [0.05, 0.1) is 12.1 Å². The topological polar surface area (TPSA) is 74.6 Å². The van der Waals surface area contributed by atoms with Crippen LogP contribution < -0.4 is 10.9 Å². The van der Waals surface area contributed by atoms with Crippen molar-refractivity contribution in [2.45, 2.75) is 31.6 Å². The Balaban J connectivity index is 1.27. The fourth-order valence-corrected chi connectivity index (χ4v) is 5.97. The van der Waals surface area contributed by atoms with Crippen LogP contribution in [0.1, 0.15) is 22.9 Å². The van der Waals surface area contributed by atoms with Gasteiger partial charge in [0.2, 0.25) is 5.91 Å². The van der Waals surface area contributed by atoms with Crippen molar-refractivity contribution in [1.82, 2.24) is 14.8 Å². The van der Waals surface area contributed by atoms with E-state index in [0.29, 0.717) is 30.8 Å². The number of halogens is 1. The molecular weight excluding hydrogens is 433 g/mol. The van der Waals surface area contributed by atoms with Crippen molar-refractivity contribution in [2.75, 3.05) is 13.2 Å². The zero-order valence-electron chi connectivity index (χ0n) is 18.7. The Morgan fingerprint density at radius 1 is 1.06 bits per heavy atom. The zero-order chi connectivity index (χ0) is 23.4. The normalized spacial score (nSPS) is 25.1. The fraction of sp³-hybridized carbons (Fsp3) is 0.333. The number of pyridine rings is 1. The van der Waals surface area contributed by atoms with Crippen LogP contribution in [0.15, 0.2) is 65.5 Å². The molecule has 174 valence electrons. The molecule has 0 spiro atoms. The summed E-state index contributed by atoms with van der Waals surface area (Å²) in [6.45, 7) is 1.57. The van der Waals surface area contributed by atoms with E-state index in [2.05, 4.69) is 17.4 Å². The lowest BCUT2D eigenvalue weighted by atomic mass is 9.87. The van der Waals surface area contributed by atoms with Gasteiger partial charge in [0, 0.05) is 49.3 Å². The Morgan fingerprint density at radius 3 is 2.59 bits per heavy atom. The lowest BCUT2D eigenvalue weighted by molar-refractivity contribution is -0.135. The molecule has 4 atom stereocenters. The van der Waals surface area contributed by atoms with Crippen molar-refractivity contribution < 1.29 is 14.3 Å². The number of carbonyl (C=O) groups excluding carboxylic acids is 1. The lowest BCUT2D eigenvalue weighted by Gasteiger charge is -2.33. The molecule has 1 saturated heterocycles. The van der Waals surface area contributed by atoms with Gasteiger partial charge in [0.1, 0.15) is 5.82 Å². The van der Waals surface area contributed by atoms with E-state index < -0.39 is 6.04 Å². The number of carbonyl (C=O) groups is 1. The number of hydrogen-bond acceptors (Lipinski definition) is 4. The first-order valence-electron chi connectivity index (χ1n) is 11.8. The van der Waals surface area contributed by atoms with Gasteiger partial charge in [-0.1, -0.05) is 36.4 Å². The number of fused-ring (bicyclic) bond motifs is 4. The summed E-state index contributed by atoms with van der Waals surface area (Å²) in [5, 5.41) is 13.7. The van der Waals surface area contributed by atoms with Crippen LogP contribution in [-0.2, 0) is 24.3 Å². The second kappa shape index (κ2) is 8.18. The molecule has 1 fully saturated rings. The number of benzene rings is 2. The number of rotatable bonds is 3. The van der Waals surface area contributed by atoms with E-state index in [-0.39, 0.29) is 41.8 Å². The number of hydrogen-bond donors (Lipinski definition) is 2. The summed E-state index contributed by atoms with van der Waals surface area (Å²) in [5.41, 5.74) is 4.34. The summed E-state index contributed by atoms with van der Waals surface area (Å²) < 4.78 is 15.1. The number of aliphatic hydroxyl groups is 1. The number of nitrogens with one attached hydrogen (secondary N) is 1. The van der Waals surface area contributed by atoms with Gasteiger partial charge < -0.3 is 14.6 Å². The lowest BCUT2D eigenvalue weighted by Crippen LogP contribution is -2.49. The van der Waals surface area contributed by atoms with Crippen molar-refractivity contribution >= 4 is 5.91 Å². The molecule has 0 aliphatic carbocycles. The Morgan fingerprint density at radius 2 is 1.82 bits per heavy atom. The van der Waals surface area contributed by atoms with Crippen LogP contribution in [0.5, 0.6) is 0 Å². The number of aliphatic hydroxyl groups excluding tert-OH is 1. The average molecular weight is 460 g/mol. The minimum absolute atomic E-state index is 0.0137. The maximum Gasteiger partial charge on any atom is 0.258 e. The monoisotopic (exact) mass is 459 g/mol. The van der Waals surface area contributed by atoms with Crippen molar-refractivity contribution in [1.29, 1.82) is 0 Å². The number of aromatic nitrogens is 1. The highest BCUT2D eigenvalue weighted by Gasteiger charge is 2.51. The molecule has 1 aromatic heterocycles. The van der Waals surface area contributed by atoms with E-state index in [9.17, 15) is 19.1 Å². The molecule has 2 N–H and O–H groups in total. The van der Waals surface area contributed by atoms with Gasteiger partial charge in [0.25, 0.3) is 5.56 Å². The zero-order valence-corrected chi connectivity index (χ0v) is 18.7. The van der Waals surface area contributed by atoms with Crippen LogP contribution in [0.25, 0.3) is 11.1 Å². The third kappa shape index (κ3) is 3.30. The molecule has 0 unspecified atom stereocenters. The van der Waals surface area contributed by atoms with Gasteiger partial charge in [0.15, 0.2) is 0 Å². The third-order valence-electron chi connectivity index (χ3n) is 7.76. The summed E-state index contributed by atoms with van der Waals surface area (Å²) in [4.78, 5) is 28.6. The predicted molar refractivity (Wildman–Crippen MR) is 125 cm³/mol. The summed E-state index contributed by atoms with van der Waals surface area (Å²) in [5.74, 6) is -0.655. The maximum absolute atomic E-state index is 13.5. The highest BCUT2D eigenvalue weighted by molar-refractivity contribution is 5.83. The van der Waals surface area contributed by atoms with Crippen LogP contribution in [0.4, 0.5) is 4.39 Å². The second-order valence-electron chi connectivity index (χ2n) is 9.51. The van der Waals surface area contributed by atoms with E-state index in [1.807, 2.05) is 23.1 Å². The van der Waals surface area contributed by atoms with Crippen LogP contribution in [-0.4, -0.2) is 39.7 Å². The van der Waals surface area contributed by atoms with Crippen molar-refractivity contribution in [3.8, 4) is 11.1 Å². The Labute approximate surface area is 196 Å². The molecule has 6 nitrogen and oxygen atoms in total. The third-order valence-corrected chi connectivity index (χ3v) is 7.76. The molecule has 4 heterocycles. The van der Waals surface area contributed by atoms with Gasteiger partial charge in [-0.3, -0.25) is 14.9 Å². The smallest absolute Gasteiger partial charge is 0.258 e. The van der Waals surface area contributed by atoms with Crippen LogP contribution in [0.3, 0.4) is 0 Å². The predicted octanol–water partition coefficient (Wildman–Crippen LogP) is 2.49. The highest BCUT2D eigenvalue weighted by atomic mass is 19.1. The molecule has 6 rings (SSSR count). The van der Waals surface area contributed by atoms with Crippen LogP contribution >= 0.6 is 0 Å². The summed E-state index contributed by atoms with van der Waals surface area (Å²) in [6.07, 6.45) is 0.829. The summed E-state index contributed by atoms with van der Waals surface area (Å²) >= 11 is 0. The number of nitrogens with zero attached hydrogens (tertiary/aromatic N) is 2. The van der Waals surface area contributed by atoms with E-state index >= 15 is 0 Å². The van der Waals surface area contributed by atoms with Crippen LogP contribution in [0, 0.1) is 17.7 Å². The Hall–Kier alpha value is -3.29. The quantitative estimate of drug-likeness (QED) is 0.631. The molecule has 0 saturated carbocycles. The fourth-order valence-electron chi connectivity index (χ4n) is 5.97. The standard InChI is InChI=1S/C27H26FN3O3/c28-19-7-5-17(6-8-19)20-9-10-23-24-21(14-31(23)26(20)33)22(15-32)25(29-24)27(34)30-12-11-16-3-1-2-4-18(16)13-30/h1-10,21-22,24-25,29,32H,11-15H2/t21-,22-,24+,25-/m1/s1. The molecular formula is C27H26FN3O3. The first kappa shape index (κ1) is 21.3. The van der Waals surface area contributed by atoms with Gasteiger partial charge in [-0.05, 0) is 47.4 Å². The molecule has 3 aliphatic heterocycles. The molecule has 2 aromatic carbocycles. The summed E-state index contributed by atoms with van der Waals surface area (Å²) in [7, 11) is 0. The van der Waals surface area contributed by atoms with Gasteiger partial charge in [-0.25, -0.2) is 4.39 Å². The van der Waals surface area contributed by atoms with E-state index in [1.54, 1.807) is 22.8 Å². The van der Waals surface area contributed by atoms with Crippen LogP contribution in [0.2, 0.25) is 0 Å². The van der Waals surface area contributed by atoms with Crippen molar-refractivity contribution in [3.05, 3.63) is 93.7 Å². The molecule has 0 bridgehead atoms. The molecule has 3 aromatic rings. The SMILES string of the molecule is O=C([C@@H]1N[C@@H]2c3ccc(-c4ccc(F)cc4)c(=O)n3C[C@@H]2[C@H]1CO)N1CCc2ccccc2C1. The molecule has 0 radical (unpaired) electrons. The summed E-state index contributed by atoms with van der Waals surface area (Å²) in [6, 6.07) is 17.1. The molecule has 7 heteroatoms. The van der Waals surface area contributed by atoms with E-state index in [1.165, 1.54) is 23.3 Å². The maximum atomic E-state index is 13.5. The molecule has 1 amide bonds. The van der Waals surface area contributed by atoms with Crippen molar-refractivity contribution in [3.63, 3.8) is 0 Å². The number of amides is 1.